The Bertz CT molecular complexity index is 1360. The van der Waals surface area contributed by atoms with Crippen LogP contribution in [0.1, 0.15) is 22.8 Å². The van der Waals surface area contributed by atoms with E-state index in [-0.39, 0.29) is 31.2 Å². The Morgan fingerprint density at radius 2 is 1.59 bits per heavy atom. The van der Waals surface area contributed by atoms with Crippen LogP contribution in [0, 0.1) is 6.92 Å². The summed E-state index contributed by atoms with van der Waals surface area (Å²) in [5.74, 6) is -1.55. The van der Waals surface area contributed by atoms with Crippen molar-refractivity contribution >= 4 is 68.1 Å². The maximum atomic E-state index is 12.7. The lowest BCUT2D eigenvalue weighted by atomic mass is 10.2. The van der Waals surface area contributed by atoms with Crippen molar-refractivity contribution in [2.24, 2.45) is 0 Å². The summed E-state index contributed by atoms with van der Waals surface area (Å²) >= 11 is 17.9. The molecule has 0 aliphatic heterocycles. The van der Waals surface area contributed by atoms with Gasteiger partial charge in [-0.3, -0.25) is 9.52 Å². The molecular weight excluding hydrogens is 523 g/mol. The molecule has 0 radical (unpaired) electrons. The quantitative estimate of drug-likeness (QED) is 0.285. The molecule has 0 heterocycles. The second kappa shape index (κ2) is 10.7. The number of esters is 1. The lowest BCUT2D eigenvalue weighted by Crippen LogP contribution is -2.30. The average Bonchev–Trinajstić information content (AvgIpc) is 2.77. The monoisotopic (exact) mass is 540 g/mol. The standard InChI is InChI=1S/C23H19Cl3N2O5S/c1-13-5-3-7-16(9-13)28-34(31,32)17-8-4-6-15(10-17)23(30)33-14(2)22(29)27-21-12-19(25)18(24)11-20(21)26/h3-12,14,28H,1-2H3,(H,27,29). The summed E-state index contributed by atoms with van der Waals surface area (Å²) in [5.41, 5.74) is 1.42. The summed E-state index contributed by atoms with van der Waals surface area (Å²) in [6.45, 7) is 3.19. The summed E-state index contributed by atoms with van der Waals surface area (Å²) in [4.78, 5) is 24.9. The molecule has 0 aliphatic carbocycles. The molecule has 2 N–H and O–H groups in total. The third kappa shape index (κ3) is 6.42. The van der Waals surface area contributed by atoms with Gasteiger partial charge in [0.15, 0.2) is 6.10 Å². The zero-order chi connectivity index (χ0) is 25.0. The molecule has 0 bridgehead atoms. The predicted octanol–water partition coefficient (Wildman–Crippen LogP) is 5.94. The highest BCUT2D eigenvalue weighted by atomic mass is 35.5. The van der Waals surface area contributed by atoms with E-state index in [1.165, 1.54) is 43.3 Å². The van der Waals surface area contributed by atoms with E-state index in [9.17, 15) is 18.0 Å². The van der Waals surface area contributed by atoms with E-state index in [0.29, 0.717) is 5.69 Å². The Labute approximate surface area is 212 Å². The fraction of sp³-hybridized carbons (Fsp3) is 0.130. The molecule has 3 aromatic carbocycles. The van der Waals surface area contributed by atoms with Crippen LogP contribution in [0.25, 0.3) is 0 Å². The molecule has 3 aromatic rings. The number of anilines is 2. The third-order valence-electron chi connectivity index (χ3n) is 4.57. The van der Waals surface area contributed by atoms with Gasteiger partial charge >= 0.3 is 5.97 Å². The number of rotatable bonds is 7. The molecule has 0 saturated carbocycles. The van der Waals surface area contributed by atoms with Crippen molar-refractivity contribution in [1.29, 1.82) is 0 Å². The molecule has 7 nitrogen and oxygen atoms in total. The van der Waals surface area contributed by atoms with E-state index >= 15 is 0 Å². The SMILES string of the molecule is Cc1cccc(NS(=O)(=O)c2cccc(C(=O)OC(C)C(=O)Nc3cc(Cl)c(Cl)cc3Cl)c2)c1. The lowest BCUT2D eigenvalue weighted by molar-refractivity contribution is -0.123. The van der Waals surface area contributed by atoms with Crippen LogP contribution >= 0.6 is 34.8 Å². The van der Waals surface area contributed by atoms with Crippen molar-refractivity contribution in [2.45, 2.75) is 24.8 Å². The number of nitrogens with one attached hydrogen (secondary N) is 2. The topological polar surface area (TPSA) is 102 Å². The number of halogens is 3. The third-order valence-corrected chi connectivity index (χ3v) is 6.99. The first-order chi connectivity index (χ1) is 16.0. The van der Waals surface area contributed by atoms with Crippen LogP contribution in [0.2, 0.25) is 15.1 Å². The van der Waals surface area contributed by atoms with Crippen LogP contribution in [-0.2, 0) is 19.6 Å². The van der Waals surface area contributed by atoms with Gasteiger partial charge in [0.2, 0.25) is 0 Å². The number of benzene rings is 3. The molecule has 0 spiro atoms. The Balaban J connectivity index is 1.71. The minimum Gasteiger partial charge on any atom is -0.449 e. The molecular formula is C23H19Cl3N2O5S. The molecule has 178 valence electrons. The zero-order valence-electron chi connectivity index (χ0n) is 17.9. The van der Waals surface area contributed by atoms with Crippen LogP contribution in [0.4, 0.5) is 11.4 Å². The number of aryl methyl sites for hydroxylation is 1. The van der Waals surface area contributed by atoms with Crippen molar-refractivity contribution in [3.05, 3.63) is 86.9 Å². The first-order valence-electron chi connectivity index (χ1n) is 9.82. The summed E-state index contributed by atoms with van der Waals surface area (Å²) in [6.07, 6.45) is -1.22. The minimum atomic E-state index is -3.96. The Kier molecular flexibility index (Phi) is 8.09. The summed E-state index contributed by atoms with van der Waals surface area (Å²) in [5, 5.41) is 3.06. The van der Waals surface area contributed by atoms with Crippen molar-refractivity contribution in [3.8, 4) is 0 Å². The fourth-order valence-electron chi connectivity index (χ4n) is 2.85. The molecule has 0 aromatic heterocycles. The maximum absolute atomic E-state index is 12.7. The molecule has 0 saturated heterocycles. The average molecular weight is 542 g/mol. The van der Waals surface area contributed by atoms with Crippen LogP contribution in [0.5, 0.6) is 0 Å². The van der Waals surface area contributed by atoms with Gasteiger partial charge in [0.1, 0.15) is 0 Å². The molecule has 3 rings (SSSR count). The zero-order valence-corrected chi connectivity index (χ0v) is 21.0. The highest BCUT2D eigenvalue weighted by Gasteiger charge is 2.22. The van der Waals surface area contributed by atoms with Gasteiger partial charge in [-0.25, -0.2) is 13.2 Å². The van der Waals surface area contributed by atoms with Crippen molar-refractivity contribution in [2.75, 3.05) is 10.0 Å². The number of hydrogen-bond donors (Lipinski definition) is 2. The number of amides is 1. The van der Waals surface area contributed by atoms with E-state index in [4.69, 9.17) is 39.5 Å². The molecule has 1 atom stereocenters. The highest BCUT2D eigenvalue weighted by molar-refractivity contribution is 7.92. The van der Waals surface area contributed by atoms with Crippen molar-refractivity contribution < 1.29 is 22.7 Å². The summed E-state index contributed by atoms with van der Waals surface area (Å²) < 4.78 is 33.2. The van der Waals surface area contributed by atoms with Gasteiger partial charge in [0, 0.05) is 5.69 Å². The van der Waals surface area contributed by atoms with Gasteiger partial charge in [0.05, 0.1) is 31.2 Å². The second-order valence-electron chi connectivity index (χ2n) is 7.29. The second-order valence-corrected chi connectivity index (χ2v) is 10.2. The molecule has 0 fully saturated rings. The lowest BCUT2D eigenvalue weighted by Gasteiger charge is -2.15. The number of hydrogen-bond acceptors (Lipinski definition) is 5. The first-order valence-corrected chi connectivity index (χ1v) is 12.4. The van der Waals surface area contributed by atoms with Crippen LogP contribution in [-0.4, -0.2) is 26.4 Å². The van der Waals surface area contributed by atoms with Gasteiger partial charge in [-0.1, -0.05) is 53.0 Å². The van der Waals surface area contributed by atoms with Crippen molar-refractivity contribution in [1.82, 2.24) is 0 Å². The van der Waals surface area contributed by atoms with Crippen LogP contribution < -0.4 is 10.0 Å². The van der Waals surface area contributed by atoms with Gasteiger partial charge in [-0.2, -0.15) is 0 Å². The van der Waals surface area contributed by atoms with E-state index in [0.717, 1.165) is 5.56 Å². The Hall–Kier alpha value is -2.78. The number of ether oxygens (including phenoxy) is 1. The van der Waals surface area contributed by atoms with Gasteiger partial charge in [0.25, 0.3) is 15.9 Å². The summed E-state index contributed by atoms with van der Waals surface area (Å²) in [7, 11) is -3.96. The van der Waals surface area contributed by atoms with Crippen molar-refractivity contribution in [3.63, 3.8) is 0 Å². The van der Waals surface area contributed by atoms with Gasteiger partial charge < -0.3 is 10.1 Å². The van der Waals surface area contributed by atoms with Gasteiger partial charge in [-0.15, -0.1) is 0 Å². The van der Waals surface area contributed by atoms with Crippen LogP contribution in [0.3, 0.4) is 0 Å². The fourth-order valence-corrected chi connectivity index (χ4v) is 4.54. The highest BCUT2D eigenvalue weighted by Crippen LogP contribution is 2.32. The summed E-state index contributed by atoms with van der Waals surface area (Å²) in [6, 6.07) is 14.9. The molecule has 1 unspecified atom stereocenters. The Morgan fingerprint density at radius 3 is 2.29 bits per heavy atom. The maximum Gasteiger partial charge on any atom is 0.338 e. The van der Waals surface area contributed by atoms with Gasteiger partial charge in [-0.05, 0) is 61.9 Å². The molecule has 0 aliphatic rings. The van der Waals surface area contributed by atoms with E-state index in [1.54, 1.807) is 18.2 Å². The number of carbonyl (C=O) groups is 2. The molecule has 1 amide bonds. The Morgan fingerprint density at radius 1 is 0.912 bits per heavy atom. The predicted molar refractivity (Wildman–Crippen MR) is 133 cm³/mol. The molecule has 34 heavy (non-hydrogen) atoms. The number of carbonyl (C=O) groups excluding carboxylic acids is 2. The normalized spacial score (nSPS) is 12.0. The van der Waals surface area contributed by atoms with E-state index in [2.05, 4.69) is 10.0 Å². The minimum absolute atomic E-state index is 0.0423. The number of sulfonamides is 1. The van der Waals surface area contributed by atoms with E-state index in [1.807, 2.05) is 13.0 Å². The smallest absolute Gasteiger partial charge is 0.338 e. The first kappa shape index (κ1) is 25.8. The van der Waals surface area contributed by atoms with E-state index < -0.39 is 28.0 Å². The molecule has 11 heteroatoms. The largest absolute Gasteiger partial charge is 0.449 e. The van der Waals surface area contributed by atoms with Crippen LogP contribution in [0.15, 0.2) is 65.6 Å².